The van der Waals surface area contributed by atoms with E-state index in [-0.39, 0.29) is 0 Å². The Morgan fingerprint density at radius 3 is 2.60 bits per heavy atom. The lowest BCUT2D eigenvalue weighted by Crippen LogP contribution is -1.84. The predicted octanol–water partition coefficient (Wildman–Crippen LogP) is 2.34. The molecule has 1 nitrogen and oxygen atoms in total. The molecule has 0 aliphatic carbocycles. The monoisotopic (exact) mass is 133 g/mol. The molecule has 0 aromatic heterocycles. The van der Waals surface area contributed by atoms with Crippen molar-refractivity contribution in [2.24, 2.45) is 0 Å². The highest BCUT2D eigenvalue weighted by atomic mass is 14.6. The molecule has 0 saturated carbocycles. The van der Waals surface area contributed by atoms with Gasteiger partial charge in [0.05, 0.1) is 5.69 Å². The number of nitrogens with zero attached hydrogens (tertiary/aromatic N) is 1. The second kappa shape index (κ2) is 3.25. The normalized spacial score (nSPS) is 9.70. The summed E-state index contributed by atoms with van der Waals surface area (Å²) in [5, 5.41) is 0. The summed E-state index contributed by atoms with van der Waals surface area (Å²) in [6, 6.07) is 7.48. The van der Waals surface area contributed by atoms with E-state index in [2.05, 4.69) is 6.92 Å². The van der Waals surface area contributed by atoms with Crippen molar-refractivity contribution in [1.82, 2.24) is 5.73 Å². The van der Waals surface area contributed by atoms with Crippen LogP contribution < -0.4 is 5.73 Å². The van der Waals surface area contributed by atoms with E-state index in [1.165, 1.54) is 0 Å². The van der Waals surface area contributed by atoms with Crippen LogP contribution in [-0.4, -0.2) is 0 Å². The van der Waals surface area contributed by atoms with Crippen LogP contribution in [-0.2, 0) is 6.42 Å². The molecule has 0 saturated heterocycles. The third-order valence-corrected chi connectivity index (χ3v) is 1.51. The van der Waals surface area contributed by atoms with Gasteiger partial charge in [-0.2, -0.15) is 5.73 Å². The van der Waals surface area contributed by atoms with Crippen LogP contribution in [0.2, 0.25) is 0 Å². The molecule has 0 spiro atoms. The minimum atomic E-state index is 0.421. The minimum Gasteiger partial charge on any atom is -0.150 e. The van der Waals surface area contributed by atoms with Crippen molar-refractivity contribution in [2.45, 2.75) is 19.8 Å². The summed E-state index contributed by atoms with van der Waals surface area (Å²) in [6.07, 6.45) is 2.05. The van der Waals surface area contributed by atoms with Crippen LogP contribution >= 0.6 is 0 Å². The van der Waals surface area contributed by atoms with Crippen LogP contribution in [0.15, 0.2) is 24.3 Å². The fourth-order valence-electron chi connectivity index (χ4n) is 0.992. The molecular formula is C9H11N. The molecule has 0 bridgehead atoms. The first-order chi connectivity index (χ1) is 4.84. The van der Waals surface area contributed by atoms with Crippen LogP contribution in [0.5, 0.6) is 0 Å². The van der Waals surface area contributed by atoms with Crippen molar-refractivity contribution < 1.29 is 0 Å². The molecule has 0 aliphatic heterocycles. The van der Waals surface area contributed by atoms with Gasteiger partial charge in [0.25, 0.3) is 0 Å². The lowest BCUT2D eigenvalue weighted by Gasteiger charge is -1.98. The molecule has 0 unspecified atom stereocenters. The third-order valence-electron chi connectivity index (χ3n) is 1.51. The number of benzene rings is 1. The Balaban J connectivity index is 2.81. The summed E-state index contributed by atoms with van der Waals surface area (Å²) in [4.78, 5) is 0. The molecule has 0 heterocycles. The summed E-state index contributed by atoms with van der Waals surface area (Å²) >= 11 is 0. The van der Waals surface area contributed by atoms with Crippen molar-refractivity contribution in [3.63, 3.8) is 0 Å². The quantitative estimate of drug-likeness (QED) is 0.591. The average Bonchev–Trinajstić information content (AvgIpc) is 1.94. The Kier molecular flexibility index (Phi) is 2.32. The summed E-state index contributed by atoms with van der Waals surface area (Å²) in [5.74, 6) is 0. The van der Waals surface area contributed by atoms with Gasteiger partial charge in [-0.1, -0.05) is 31.5 Å². The molecule has 0 N–H and O–H groups in total. The van der Waals surface area contributed by atoms with Gasteiger partial charge in [0, 0.05) is 0 Å². The van der Waals surface area contributed by atoms with Crippen LogP contribution in [0.4, 0.5) is 5.69 Å². The van der Waals surface area contributed by atoms with Gasteiger partial charge in [-0.05, 0) is 18.1 Å². The van der Waals surface area contributed by atoms with E-state index in [0.717, 1.165) is 18.4 Å². The largest absolute Gasteiger partial charge is 0.150 e. The standard InChI is InChI=1S/C9H11N/c1-2-5-8-6-3-4-7-9(8)10/h3-4,6-7H,2,5H2,1H3. The van der Waals surface area contributed by atoms with Gasteiger partial charge < -0.3 is 0 Å². The first-order valence-electron chi connectivity index (χ1n) is 3.61. The Labute approximate surface area is 61.9 Å². The number of rotatable bonds is 2. The van der Waals surface area contributed by atoms with E-state index in [1.54, 1.807) is 6.07 Å². The minimum absolute atomic E-state index is 0.421. The Hall–Kier alpha value is -0.980. The van der Waals surface area contributed by atoms with E-state index in [4.69, 9.17) is 0 Å². The van der Waals surface area contributed by atoms with Crippen molar-refractivity contribution in [3.05, 3.63) is 29.8 Å². The Bertz CT molecular complexity index is 206. The molecule has 1 heteroatoms. The zero-order chi connectivity index (χ0) is 7.40. The zero-order valence-electron chi connectivity index (χ0n) is 6.17. The van der Waals surface area contributed by atoms with E-state index >= 15 is 0 Å². The molecule has 0 aliphatic rings. The van der Waals surface area contributed by atoms with Crippen LogP contribution in [0.1, 0.15) is 18.9 Å². The molecule has 1 aromatic rings. The molecule has 0 atom stereocenters. The highest BCUT2D eigenvalue weighted by Crippen LogP contribution is 2.13. The fraction of sp³-hybridized carbons (Fsp3) is 0.333. The molecule has 0 fully saturated rings. The van der Waals surface area contributed by atoms with Crippen molar-refractivity contribution >= 4 is 5.69 Å². The summed E-state index contributed by atoms with van der Waals surface area (Å²) in [5.41, 5.74) is 10.7. The average molecular weight is 133 g/mol. The van der Waals surface area contributed by atoms with Gasteiger partial charge in [-0.3, -0.25) is 0 Å². The Morgan fingerprint density at radius 1 is 1.30 bits per heavy atom. The molecular weight excluding hydrogens is 122 g/mol. The first kappa shape index (κ1) is 7.13. The molecule has 52 valence electrons. The number of aryl methyl sites for hydroxylation is 1. The lowest BCUT2D eigenvalue weighted by molar-refractivity contribution is 0.920. The smallest absolute Gasteiger partial charge is 0.0889 e. The number of hydrogen-bond donors (Lipinski definition) is 0. The topological polar surface area (TPSA) is 22.3 Å². The van der Waals surface area contributed by atoms with Crippen LogP contribution in [0, 0.1) is 0 Å². The maximum absolute atomic E-state index is 9.24. The van der Waals surface area contributed by atoms with E-state index < -0.39 is 0 Å². The second-order valence-electron chi connectivity index (χ2n) is 2.38. The first-order valence-corrected chi connectivity index (χ1v) is 3.61. The lowest BCUT2D eigenvalue weighted by atomic mass is 10.1. The van der Waals surface area contributed by atoms with Crippen LogP contribution in [0.3, 0.4) is 0 Å². The van der Waals surface area contributed by atoms with Crippen LogP contribution in [0.25, 0.3) is 0 Å². The summed E-state index contributed by atoms with van der Waals surface area (Å²) < 4.78 is 0. The van der Waals surface area contributed by atoms with Gasteiger partial charge in [-0.25, -0.2) is 0 Å². The zero-order valence-corrected chi connectivity index (χ0v) is 6.17. The highest BCUT2D eigenvalue weighted by molar-refractivity contribution is 5.42. The third kappa shape index (κ3) is 1.50. The predicted molar refractivity (Wildman–Crippen MR) is 42.2 cm³/mol. The molecule has 2 radical (unpaired) electrons. The molecule has 1 rings (SSSR count). The van der Waals surface area contributed by atoms with Crippen molar-refractivity contribution in [2.75, 3.05) is 0 Å². The van der Waals surface area contributed by atoms with Gasteiger partial charge >= 0.3 is 0 Å². The Morgan fingerprint density at radius 2 is 2.00 bits per heavy atom. The SMILES string of the molecule is CCCc1ccccc1[N]. The van der Waals surface area contributed by atoms with Gasteiger partial charge in [0.2, 0.25) is 0 Å². The van der Waals surface area contributed by atoms with E-state index in [1.807, 2.05) is 18.2 Å². The summed E-state index contributed by atoms with van der Waals surface area (Å²) in [7, 11) is 0. The second-order valence-corrected chi connectivity index (χ2v) is 2.38. The number of hydrogen-bond acceptors (Lipinski definition) is 0. The molecule has 10 heavy (non-hydrogen) atoms. The van der Waals surface area contributed by atoms with Gasteiger partial charge in [0.15, 0.2) is 0 Å². The van der Waals surface area contributed by atoms with Crippen molar-refractivity contribution in [1.29, 1.82) is 0 Å². The summed E-state index contributed by atoms with van der Waals surface area (Å²) in [6.45, 7) is 2.10. The van der Waals surface area contributed by atoms with E-state index in [0.29, 0.717) is 5.69 Å². The van der Waals surface area contributed by atoms with E-state index in [9.17, 15) is 5.73 Å². The maximum atomic E-state index is 9.24. The fourth-order valence-corrected chi connectivity index (χ4v) is 0.992. The highest BCUT2D eigenvalue weighted by Gasteiger charge is 1.95. The maximum Gasteiger partial charge on any atom is 0.0889 e. The van der Waals surface area contributed by atoms with Gasteiger partial charge in [0.1, 0.15) is 0 Å². The molecule has 0 amide bonds. The van der Waals surface area contributed by atoms with Gasteiger partial charge in [-0.15, -0.1) is 0 Å². The van der Waals surface area contributed by atoms with Crippen molar-refractivity contribution in [3.8, 4) is 0 Å². The molecule has 1 aromatic carbocycles.